The summed E-state index contributed by atoms with van der Waals surface area (Å²) in [6, 6.07) is -0.256. The summed E-state index contributed by atoms with van der Waals surface area (Å²) in [5.74, 6) is 0.327. The van der Waals surface area contributed by atoms with Crippen molar-refractivity contribution in [3.63, 3.8) is 0 Å². The topological polar surface area (TPSA) is 79.5 Å². The Kier molecular flexibility index (Phi) is 7.04. The fourth-order valence-corrected chi connectivity index (χ4v) is 1.17. The maximum atomic E-state index is 10.9. The Bertz CT molecular complexity index is 184. The standard InChI is InChI=1S/C5H10I2N4O/c1-9-3(4(6)12)2-10-5(8)11-7/h3,9H,2H2,1H3,(H3,8,10,11). The van der Waals surface area contributed by atoms with Gasteiger partial charge in [0.15, 0.2) is 5.96 Å². The molecule has 0 amide bonds. The van der Waals surface area contributed by atoms with Gasteiger partial charge in [0.05, 0.1) is 35.5 Å². The van der Waals surface area contributed by atoms with Crippen LogP contribution in [0.25, 0.3) is 0 Å². The zero-order chi connectivity index (χ0) is 9.56. The summed E-state index contributed by atoms with van der Waals surface area (Å²) in [6.07, 6.45) is 0. The highest BCUT2D eigenvalue weighted by Crippen LogP contribution is 1.94. The first kappa shape index (κ1) is 12.4. The number of nitrogens with zero attached hydrogens (tertiary/aromatic N) is 1. The van der Waals surface area contributed by atoms with Crippen LogP contribution in [0.5, 0.6) is 0 Å². The van der Waals surface area contributed by atoms with Gasteiger partial charge in [-0.25, -0.2) is 0 Å². The van der Waals surface area contributed by atoms with Crippen LogP contribution in [0.1, 0.15) is 0 Å². The summed E-state index contributed by atoms with van der Waals surface area (Å²) in [6.45, 7) is 0.361. The molecule has 0 fully saturated rings. The molecule has 0 heterocycles. The van der Waals surface area contributed by atoms with E-state index in [1.165, 1.54) is 0 Å². The Morgan fingerprint density at radius 2 is 2.33 bits per heavy atom. The smallest absolute Gasteiger partial charge is 0.211 e. The van der Waals surface area contributed by atoms with Crippen LogP contribution in [0.2, 0.25) is 0 Å². The van der Waals surface area contributed by atoms with Gasteiger partial charge < -0.3 is 11.1 Å². The summed E-state index contributed by atoms with van der Waals surface area (Å²) >= 11 is 3.61. The fourth-order valence-electron chi connectivity index (χ4n) is 0.496. The van der Waals surface area contributed by atoms with E-state index in [-0.39, 0.29) is 9.83 Å². The number of carbonyl (C=O) groups excluding carboxylic acids is 1. The molecule has 0 aromatic heterocycles. The lowest BCUT2D eigenvalue weighted by atomic mass is 10.3. The Hall–Kier alpha value is 0.360. The van der Waals surface area contributed by atoms with Crippen molar-refractivity contribution in [1.82, 2.24) is 8.85 Å². The number of guanidine groups is 1. The molecule has 0 aliphatic carbocycles. The molecule has 1 atom stereocenters. The molecule has 0 saturated heterocycles. The van der Waals surface area contributed by atoms with Crippen molar-refractivity contribution in [1.29, 1.82) is 0 Å². The average Bonchev–Trinajstić information content (AvgIpc) is 2.04. The molecule has 0 aliphatic rings. The number of nitrogens with two attached hydrogens (primary N) is 1. The van der Waals surface area contributed by atoms with Crippen LogP contribution in [-0.4, -0.2) is 29.4 Å². The first-order valence-electron chi connectivity index (χ1n) is 3.15. The SMILES string of the molecule is CNC(CN=C(N)NI)C(=O)I. The Labute approximate surface area is 98.6 Å². The molecule has 0 rings (SSSR count). The van der Waals surface area contributed by atoms with E-state index in [2.05, 4.69) is 13.8 Å². The number of rotatable bonds is 4. The Balaban J connectivity index is 3.96. The molecule has 12 heavy (non-hydrogen) atoms. The number of likely N-dealkylation sites (N-methyl/N-ethyl adjacent to an activating group) is 1. The second kappa shape index (κ2) is 6.83. The van der Waals surface area contributed by atoms with Crippen LogP contribution in [0.4, 0.5) is 0 Å². The Morgan fingerprint density at radius 1 is 1.75 bits per heavy atom. The molecule has 70 valence electrons. The minimum absolute atomic E-state index is 0.0279. The Morgan fingerprint density at radius 3 is 2.67 bits per heavy atom. The van der Waals surface area contributed by atoms with Gasteiger partial charge in [-0.05, 0) is 7.05 Å². The molecule has 0 aromatic rings. The summed E-state index contributed by atoms with van der Waals surface area (Å²) < 4.78 is 2.67. The van der Waals surface area contributed by atoms with Gasteiger partial charge in [-0.2, -0.15) is 0 Å². The monoisotopic (exact) mass is 396 g/mol. The quantitative estimate of drug-likeness (QED) is 0.202. The summed E-state index contributed by atoms with van der Waals surface area (Å²) in [4.78, 5) is 14.8. The van der Waals surface area contributed by atoms with Crippen LogP contribution in [0.15, 0.2) is 4.99 Å². The van der Waals surface area contributed by atoms with E-state index < -0.39 is 0 Å². The van der Waals surface area contributed by atoms with E-state index in [4.69, 9.17) is 5.73 Å². The van der Waals surface area contributed by atoms with Gasteiger partial charge >= 0.3 is 0 Å². The molecular weight excluding hydrogens is 386 g/mol. The van der Waals surface area contributed by atoms with Crippen LogP contribution < -0.4 is 14.6 Å². The molecule has 0 bridgehead atoms. The average molecular weight is 396 g/mol. The number of aliphatic imine (C=N–C) groups is 1. The first-order valence-corrected chi connectivity index (χ1v) is 5.30. The van der Waals surface area contributed by atoms with Gasteiger partial charge in [0.25, 0.3) is 0 Å². The molecule has 0 spiro atoms. The first-order chi connectivity index (χ1) is 5.61. The van der Waals surface area contributed by atoms with Gasteiger partial charge in [0.1, 0.15) is 0 Å². The molecule has 5 nitrogen and oxygen atoms in total. The van der Waals surface area contributed by atoms with Crippen LogP contribution in [-0.2, 0) is 4.79 Å². The molecule has 1 unspecified atom stereocenters. The second-order valence-corrected chi connectivity index (χ2v) is 3.57. The predicted octanol–water partition coefficient (Wildman–Crippen LogP) is -0.210. The van der Waals surface area contributed by atoms with Crippen molar-refractivity contribution in [3.05, 3.63) is 0 Å². The lowest BCUT2D eigenvalue weighted by Crippen LogP contribution is -2.35. The molecule has 0 aromatic carbocycles. The number of nitrogens with one attached hydrogen (secondary N) is 2. The van der Waals surface area contributed by atoms with Gasteiger partial charge in [-0.3, -0.25) is 13.3 Å². The molecule has 0 saturated carbocycles. The van der Waals surface area contributed by atoms with Gasteiger partial charge in [0.2, 0.25) is 3.79 Å². The third-order valence-corrected chi connectivity index (χ3v) is 2.47. The van der Waals surface area contributed by atoms with Crippen molar-refractivity contribution >= 4 is 55.2 Å². The second-order valence-electron chi connectivity index (χ2n) is 1.97. The lowest BCUT2D eigenvalue weighted by Gasteiger charge is -2.07. The summed E-state index contributed by atoms with van der Waals surface area (Å²) in [5, 5.41) is 2.83. The van der Waals surface area contributed by atoms with Gasteiger partial charge in [0, 0.05) is 22.6 Å². The minimum atomic E-state index is -0.256. The largest absolute Gasteiger partial charge is 0.369 e. The normalized spacial score (nSPS) is 14.1. The van der Waals surface area contributed by atoms with Crippen molar-refractivity contribution in [2.75, 3.05) is 13.6 Å². The highest BCUT2D eigenvalue weighted by atomic mass is 127. The minimum Gasteiger partial charge on any atom is -0.369 e. The zero-order valence-electron chi connectivity index (χ0n) is 6.47. The molecular formula is C5H10I2N4O. The van der Waals surface area contributed by atoms with E-state index in [1.54, 1.807) is 29.6 Å². The van der Waals surface area contributed by atoms with Crippen molar-refractivity contribution < 1.29 is 4.79 Å². The fraction of sp³-hybridized carbons (Fsp3) is 0.600. The third-order valence-electron chi connectivity index (χ3n) is 1.16. The highest BCUT2D eigenvalue weighted by molar-refractivity contribution is 14.1. The molecule has 0 aliphatic heterocycles. The van der Waals surface area contributed by atoms with E-state index in [0.29, 0.717) is 12.5 Å². The number of hydrogen-bond acceptors (Lipinski definition) is 3. The molecule has 0 radical (unpaired) electrons. The number of carbonyl (C=O) groups is 1. The van der Waals surface area contributed by atoms with Gasteiger partial charge in [-0.1, -0.05) is 0 Å². The van der Waals surface area contributed by atoms with E-state index >= 15 is 0 Å². The predicted molar refractivity (Wildman–Crippen MR) is 65.5 cm³/mol. The summed E-state index contributed by atoms with van der Waals surface area (Å²) in [5.41, 5.74) is 5.37. The van der Waals surface area contributed by atoms with E-state index in [9.17, 15) is 4.79 Å². The van der Waals surface area contributed by atoms with Crippen LogP contribution in [0, 0.1) is 0 Å². The van der Waals surface area contributed by atoms with Crippen molar-refractivity contribution in [2.45, 2.75) is 6.04 Å². The third kappa shape index (κ3) is 5.09. The van der Waals surface area contributed by atoms with Gasteiger partial charge in [-0.15, -0.1) is 0 Å². The van der Waals surface area contributed by atoms with E-state index in [0.717, 1.165) is 0 Å². The van der Waals surface area contributed by atoms with Crippen LogP contribution in [0.3, 0.4) is 0 Å². The zero-order valence-corrected chi connectivity index (χ0v) is 10.8. The number of halogens is 2. The highest BCUT2D eigenvalue weighted by Gasteiger charge is 2.11. The van der Waals surface area contributed by atoms with Crippen molar-refractivity contribution in [3.8, 4) is 0 Å². The number of hydrogen-bond donors (Lipinski definition) is 3. The lowest BCUT2D eigenvalue weighted by molar-refractivity contribution is -0.110. The molecule has 4 N–H and O–H groups in total. The van der Waals surface area contributed by atoms with Crippen LogP contribution >= 0.6 is 45.5 Å². The van der Waals surface area contributed by atoms with Crippen molar-refractivity contribution in [2.24, 2.45) is 10.7 Å². The maximum absolute atomic E-state index is 10.9. The maximum Gasteiger partial charge on any atom is 0.211 e. The molecule has 7 heteroatoms. The van der Waals surface area contributed by atoms with E-state index in [1.807, 2.05) is 22.9 Å². The summed E-state index contributed by atoms with van der Waals surface area (Å²) in [7, 11) is 1.71.